The number of hydrogen-bond acceptors (Lipinski definition) is 2. The zero-order valence-electron chi connectivity index (χ0n) is 11.2. The molecule has 0 saturated heterocycles. The third-order valence-corrected chi connectivity index (χ3v) is 4.58. The monoisotopic (exact) mass is 367 g/mol. The topological polar surface area (TPSA) is 35.2 Å². The second-order valence-corrected chi connectivity index (χ2v) is 5.51. The maximum Gasteiger partial charge on any atom is 0.124 e. The van der Waals surface area contributed by atoms with Gasteiger partial charge in [0, 0.05) is 9.13 Å². The van der Waals surface area contributed by atoms with Gasteiger partial charge in [-0.05, 0) is 53.6 Å². The van der Waals surface area contributed by atoms with Crippen molar-refractivity contribution in [2.24, 2.45) is 5.73 Å². The van der Waals surface area contributed by atoms with Crippen molar-refractivity contribution in [1.82, 2.24) is 0 Å². The summed E-state index contributed by atoms with van der Waals surface area (Å²) in [4.78, 5) is 0. The summed E-state index contributed by atoms with van der Waals surface area (Å²) in [5, 5.41) is 0. The van der Waals surface area contributed by atoms with Crippen molar-refractivity contribution in [3.63, 3.8) is 0 Å². The standard InChI is InChI=1S/C16H18INO/c1-3-19-14-10-5-4-8-12(14)16(18)13-9-6-7-11(2)15(13)17/h4-10,16H,3,18H2,1-2H3. The number of rotatable bonds is 4. The molecule has 2 rings (SSSR count). The van der Waals surface area contributed by atoms with Crippen LogP contribution in [0.15, 0.2) is 42.5 Å². The molecule has 1 unspecified atom stereocenters. The minimum atomic E-state index is -0.158. The molecule has 19 heavy (non-hydrogen) atoms. The highest BCUT2D eigenvalue weighted by Crippen LogP contribution is 2.31. The Morgan fingerprint density at radius 3 is 2.53 bits per heavy atom. The van der Waals surface area contributed by atoms with Gasteiger partial charge in [0.2, 0.25) is 0 Å². The lowest BCUT2D eigenvalue weighted by Gasteiger charge is -2.18. The number of para-hydroxylation sites is 1. The smallest absolute Gasteiger partial charge is 0.124 e. The molecule has 0 radical (unpaired) electrons. The second kappa shape index (κ2) is 6.39. The Balaban J connectivity index is 2.44. The van der Waals surface area contributed by atoms with Crippen molar-refractivity contribution in [3.05, 3.63) is 62.7 Å². The van der Waals surface area contributed by atoms with Crippen molar-refractivity contribution in [3.8, 4) is 5.75 Å². The first-order valence-corrected chi connectivity index (χ1v) is 7.45. The van der Waals surface area contributed by atoms with Crippen LogP contribution in [0.25, 0.3) is 0 Å². The van der Waals surface area contributed by atoms with Crippen molar-refractivity contribution < 1.29 is 4.74 Å². The number of benzene rings is 2. The summed E-state index contributed by atoms with van der Waals surface area (Å²) in [5.41, 5.74) is 9.87. The molecule has 0 fully saturated rings. The lowest BCUT2D eigenvalue weighted by Crippen LogP contribution is -2.15. The first kappa shape index (κ1) is 14.3. The highest BCUT2D eigenvalue weighted by Gasteiger charge is 2.16. The Kier molecular flexibility index (Phi) is 4.82. The molecule has 0 saturated carbocycles. The summed E-state index contributed by atoms with van der Waals surface area (Å²) in [7, 11) is 0. The van der Waals surface area contributed by atoms with Crippen LogP contribution >= 0.6 is 22.6 Å². The molecule has 0 bridgehead atoms. The summed E-state index contributed by atoms with van der Waals surface area (Å²) in [5.74, 6) is 0.870. The quantitative estimate of drug-likeness (QED) is 0.828. The van der Waals surface area contributed by atoms with Crippen LogP contribution in [0, 0.1) is 10.5 Å². The third kappa shape index (κ3) is 3.09. The van der Waals surface area contributed by atoms with Gasteiger partial charge in [-0.3, -0.25) is 0 Å². The number of hydrogen-bond donors (Lipinski definition) is 1. The maximum absolute atomic E-state index is 6.43. The van der Waals surface area contributed by atoms with E-state index in [9.17, 15) is 0 Å². The van der Waals surface area contributed by atoms with Gasteiger partial charge in [0.05, 0.1) is 12.6 Å². The summed E-state index contributed by atoms with van der Waals surface area (Å²) in [6, 6.07) is 14.1. The molecule has 2 aromatic carbocycles. The van der Waals surface area contributed by atoms with E-state index < -0.39 is 0 Å². The minimum Gasteiger partial charge on any atom is -0.494 e. The molecule has 0 aliphatic carbocycles. The predicted molar refractivity (Wildman–Crippen MR) is 87.5 cm³/mol. The van der Waals surface area contributed by atoms with E-state index in [2.05, 4.69) is 47.7 Å². The van der Waals surface area contributed by atoms with E-state index in [-0.39, 0.29) is 6.04 Å². The molecular formula is C16H18INO. The molecule has 0 spiro atoms. The Hall–Kier alpha value is -1.07. The normalized spacial score (nSPS) is 12.2. The van der Waals surface area contributed by atoms with Crippen molar-refractivity contribution in [2.45, 2.75) is 19.9 Å². The number of halogens is 1. The third-order valence-electron chi connectivity index (χ3n) is 3.11. The van der Waals surface area contributed by atoms with Crippen LogP contribution in [0.4, 0.5) is 0 Å². The molecule has 100 valence electrons. The van der Waals surface area contributed by atoms with Crippen LogP contribution in [0.5, 0.6) is 5.75 Å². The molecule has 3 heteroatoms. The van der Waals surface area contributed by atoms with Gasteiger partial charge in [0.1, 0.15) is 5.75 Å². The molecule has 2 aromatic rings. The molecule has 1 atom stereocenters. The molecule has 0 heterocycles. The predicted octanol–water partition coefficient (Wildman–Crippen LogP) is 4.05. The molecule has 2 N–H and O–H groups in total. The van der Waals surface area contributed by atoms with Crippen molar-refractivity contribution >= 4 is 22.6 Å². The van der Waals surface area contributed by atoms with Crippen LogP contribution in [0.3, 0.4) is 0 Å². The number of aryl methyl sites for hydroxylation is 1. The fraction of sp³-hybridized carbons (Fsp3) is 0.250. The van der Waals surface area contributed by atoms with Gasteiger partial charge in [-0.2, -0.15) is 0 Å². The Morgan fingerprint density at radius 1 is 1.11 bits per heavy atom. The lowest BCUT2D eigenvalue weighted by molar-refractivity contribution is 0.335. The van der Waals surface area contributed by atoms with Crippen molar-refractivity contribution in [2.75, 3.05) is 6.61 Å². The van der Waals surface area contributed by atoms with E-state index in [1.807, 2.05) is 31.2 Å². The lowest BCUT2D eigenvalue weighted by atomic mass is 9.97. The minimum absolute atomic E-state index is 0.158. The van der Waals surface area contributed by atoms with Crippen LogP contribution < -0.4 is 10.5 Å². The van der Waals surface area contributed by atoms with Gasteiger partial charge in [-0.25, -0.2) is 0 Å². The zero-order valence-corrected chi connectivity index (χ0v) is 13.3. The SMILES string of the molecule is CCOc1ccccc1C(N)c1cccc(C)c1I. The van der Waals surface area contributed by atoms with Gasteiger partial charge >= 0.3 is 0 Å². The zero-order chi connectivity index (χ0) is 13.8. The van der Waals surface area contributed by atoms with E-state index in [0.29, 0.717) is 6.61 Å². The molecule has 0 aliphatic heterocycles. The van der Waals surface area contributed by atoms with E-state index in [4.69, 9.17) is 10.5 Å². The van der Waals surface area contributed by atoms with Crippen LogP contribution in [-0.2, 0) is 0 Å². The fourth-order valence-electron chi connectivity index (χ4n) is 2.10. The summed E-state index contributed by atoms with van der Waals surface area (Å²) in [6.45, 7) is 4.74. The highest BCUT2D eigenvalue weighted by molar-refractivity contribution is 14.1. The van der Waals surface area contributed by atoms with Crippen LogP contribution in [0.2, 0.25) is 0 Å². The number of ether oxygens (including phenoxy) is 1. The van der Waals surface area contributed by atoms with Gasteiger partial charge in [-0.1, -0.05) is 36.4 Å². The summed E-state index contributed by atoms with van der Waals surface area (Å²) < 4.78 is 6.89. The van der Waals surface area contributed by atoms with Gasteiger partial charge in [-0.15, -0.1) is 0 Å². The second-order valence-electron chi connectivity index (χ2n) is 4.43. The average molecular weight is 367 g/mol. The summed E-state index contributed by atoms with van der Waals surface area (Å²) in [6.07, 6.45) is 0. The summed E-state index contributed by atoms with van der Waals surface area (Å²) >= 11 is 2.36. The maximum atomic E-state index is 6.43. The van der Waals surface area contributed by atoms with Crippen molar-refractivity contribution in [1.29, 1.82) is 0 Å². The highest BCUT2D eigenvalue weighted by atomic mass is 127. The fourth-order valence-corrected chi connectivity index (χ4v) is 2.80. The first-order valence-electron chi connectivity index (χ1n) is 6.37. The molecular weight excluding hydrogens is 349 g/mol. The van der Waals surface area contributed by atoms with E-state index in [1.54, 1.807) is 0 Å². The first-order chi connectivity index (χ1) is 9.15. The van der Waals surface area contributed by atoms with E-state index in [0.717, 1.165) is 16.9 Å². The number of nitrogens with two attached hydrogens (primary N) is 1. The van der Waals surface area contributed by atoms with E-state index in [1.165, 1.54) is 9.13 Å². The van der Waals surface area contributed by atoms with Gasteiger partial charge in [0.15, 0.2) is 0 Å². The molecule has 0 amide bonds. The molecule has 2 nitrogen and oxygen atoms in total. The van der Waals surface area contributed by atoms with Gasteiger partial charge < -0.3 is 10.5 Å². The largest absolute Gasteiger partial charge is 0.494 e. The van der Waals surface area contributed by atoms with Gasteiger partial charge in [0.25, 0.3) is 0 Å². The Labute approximate surface area is 128 Å². The molecule has 0 aromatic heterocycles. The average Bonchev–Trinajstić information content (AvgIpc) is 2.42. The Morgan fingerprint density at radius 2 is 1.79 bits per heavy atom. The van der Waals surface area contributed by atoms with Crippen LogP contribution in [0.1, 0.15) is 29.7 Å². The van der Waals surface area contributed by atoms with Crippen LogP contribution in [-0.4, -0.2) is 6.61 Å². The van der Waals surface area contributed by atoms with E-state index >= 15 is 0 Å². The Bertz CT molecular complexity index is 568. The molecule has 0 aliphatic rings.